The van der Waals surface area contributed by atoms with Gasteiger partial charge in [-0.3, -0.25) is 4.79 Å². The summed E-state index contributed by atoms with van der Waals surface area (Å²) in [5, 5.41) is 10.1. The Morgan fingerprint density at radius 2 is 1.81 bits per heavy atom. The Kier molecular flexibility index (Phi) is 4.13. The van der Waals surface area contributed by atoms with E-state index in [2.05, 4.69) is 27.7 Å². The van der Waals surface area contributed by atoms with Crippen LogP contribution in [0.15, 0.2) is 0 Å². The monoisotopic (exact) mass is 361 g/mol. The zero-order chi connectivity index (χ0) is 19.0. The Morgan fingerprint density at radius 1 is 1.08 bits per heavy atom. The summed E-state index contributed by atoms with van der Waals surface area (Å²) in [4.78, 5) is 12.3. The standard InChI is InChI=1S/C23H39NO2/c1-15(2)22-10-11-23(16(12-22)14-24)9-6-17-20(3,18(23)13-22)7-5-8-21(17,4)19(25)26/h15-18H,5-14,24H2,1-4H3,(H,25,26)/t16-,17+,18-,20-,21+,22-,23+/m0/s1. The van der Waals surface area contributed by atoms with E-state index in [0.717, 1.165) is 25.8 Å². The molecule has 5 saturated carbocycles. The van der Waals surface area contributed by atoms with Gasteiger partial charge in [0.1, 0.15) is 0 Å². The lowest BCUT2D eigenvalue weighted by molar-refractivity contribution is -0.235. The maximum Gasteiger partial charge on any atom is 0.309 e. The average Bonchev–Trinajstić information content (AvgIpc) is 2.61. The number of hydrogen-bond donors (Lipinski definition) is 2. The van der Waals surface area contributed by atoms with Crippen LogP contribution >= 0.6 is 0 Å². The number of hydrogen-bond acceptors (Lipinski definition) is 2. The maximum atomic E-state index is 12.3. The maximum absolute atomic E-state index is 12.3. The second-order valence-electron chi connectivity index (χ2n) is 11.3. The third-order valence-electron chi connectivity index (χ3n) is 10.5. The van der Waals surface area contributed by atoms with E-state index < -0.39 is 11.4 Å². The highest BCUT2D eigenvalue weighted by molar-refractivity contribution is 5.75. The SMILES string of the molecule is CC(C)[C@]12CC[C@]3(CC[C@@H]4[C@](C)(CCC[C@@]4(C)C(=O)O)[C@@H]3C1)[C@H](CN)C2. The van der Waals surface area contributed by atoms with Crippen molar-refractivity contribution in [1.82, 2.24) is 0 Å². The van der Waals surface area contributed by atoms with Crippen LogP contribution in [0.5, 0.6) is 0 Å². The number of nitrogens with two attached hydrogens (primary N) is 1. The number of carboxylic acid groups (broad SMARTS) is 1. The fourth-order valence-corrected chi connectivity index (χ4v) is 8.85. The molecule has 0 unspecified atom stereocenters. The topological polar surface area (TPSA) is 63.3 Å². The molecule has 0 radical (unpaired) electrons. The van der Waals surface area contributed by atoms with Crippen LogP contribution < -0.4 is 5.73 Å². The lowest BCUT2D eigenvalue weighted by atomic mass is 9.32. The summed E-state index contributed by atoms with van der Waals surface area (Å²) in [6.07, 6.45) is 10.8. The van der Waals surface area contributed by atoms with E-state index in [1.54, 1.807) is 0 Å². The first kappa shape index (κ1) is 18.8. The number of carboxylic acids is 1. The quantitative estimate of drug-likeness (QED) is 0.736. The van der Waals surface area contributed by atoms with Crippen molar-refractivity contribution in [2.75, 3.05) is 6.54 Å². The molecule has 148 valence electrons. The van der Waals surface area contributed by atoms with Crippen LogP contribution in [-0.4, -0.2) is 17.6 Å². The van der Waals surface area contributed by atoms with Crippen LogP contribution in [0, 0.1) is 45.3 Å². The van der Waals surface area contributed by atoms with Crippen molar-refractivity contribution in [2.24, 2.45) is 51.1 Å². The molecular formula is C23H39NO2. The molecule has 5 aliphatic carbocycles. The van der Waals surface area contributed by atoms with Gasteiger partial charge in [-0.2, -0.15) is 0 Å². The molecule has 5 aliphatic rings. The first-order chi connectivity index (χ1) is 12.1. The molecule has 0 aliphatic heterocycles. The minimum Gasteiger partial charge on any atom is -0.481 e. The van der Waals surface area contributed by atoms with E-state index >= 15 is 0 Å². The van der Waals surface area contributed by atoms with E-state index in [4.69, 9.17) is 5.73 Å². The minimum absolute atomic E-state index is 0.179. The Morgan fingerprint density at radius 3 is 2.42 bits per heavy atom. The van der Waals surface area contributed by atoms with Gasteiger partial charge in [-0.1, -0.05) is 27.2 Å². The predicted molar refractivity (Wildman–Crippen MR) is 105 cm³/mol. The number of aliphatic carboxylic acids is 1. The summed E-state index contributed by atoms with van der Waals surface area (Å²) in [6, 6.07) is 0. The van der Waals surface area contributed by atoms with Crippen LogP contribution in [0.25, 0.3) is 0 Å². The molecule has 5 rings (SSSR count). The predicted octanol–water partition coefficient (Wildman–Crippen LogP) is 5.09. The lowest BCUT2D eigenvalue weighted by Crippen LogP contribution is -2.66. The molecule has 3 N–H and O–H groups in total. The summed E-state index contributed by atoms with van der Waals surface area (Å²) in [5.41, 5.74) is 6.85. The second kappa shape index (κ2) is 5.72. The van der Waals surface area contributed by atoms with Crippen molar-refractivity contribution in [3.63, 3.8) is 0 Å². The van der Waals surface area contributed by atoms with Crippen molar-refractivity contribution in [3.05, 3.63) is 0 Å². The van der Waals surface area contributed by atoms with Gasteiger partial charge >= 0.3 is 5.97 Å². The van der Waals surface area contributed by atoms with Crippen molar-refractivity contribution in [3.8, 4) is 0 Å². The van der Waals surface area contributed by atoms with Gasteiger partial charge in [0.15, 0.2) is 0 Å². The third kappa shape index (κ3) is 2.13. The van der Waals surface area contributed by atoms with E-state index in [9.17, 15) is 9.90 Å². The van der Waals surface area contributed by atoms with E-state index in [0.29, 0.717) is 34.5 Å². The van der Waals surface area contributed by atoms with Crippen LogP contribution in [0.4, 0.5) is 0 Å². The van der Waals surface area contributed by atoms with Crippen molar-refractivity contribution in [2.45, 2.75) is 85.5 Å². The highest BCUT2D eigenvalue weighted by atomic mass is 16.4. The van der Waals surface area contributed by atoms with Crippen LogP contribution in [0.1, 0.15) is 85.5 Å². The van der Waals surface area contributed by atoms with Crippen molar-refractivity contribution >= 4 is 5.97 Å². The molecular weight excluding hydrogens is 322 g/mol. The number of rotatable bonds is 3. The molecule has 0 heterocycles. The number of fused-ring (bicyclic) bond motifs is 3. The molecule has 7 atom stereocenters. The van der Waals surface area contributed by atoms with E-state index in [1.807, 2.05) is 0 Å². The highest BCUT2D eigenvalue weighted by Crippen LogP contribution is 2.75. The van der Waals surface area contributed by atoms with Gasteiger partial charge in [0.05, 0.1) is 5.41 Å². The third-order valence-corrected chi connectivity index (χ3v) is 10.5. The van der Waals surface area contributed by atoms with Crippen molar-refractivity contribution < 1.29 is 9.90 Å². The van der Waals surface area contributed by atoms with Gasteiger partial charge in [0.25, 0.3) is 0 Å². The summed E-state index contributed by atoms with van der Waals surface area (Å²) in [7, 11) is 0. The zero-order valence-electron chi connectivity index (χ0n) is 17.3. The van der Waals surface area contributed by atoms with Crippen LogP contribution in [0.2, 0.25) is 0 Å². The lowest BCUT2D eigenvalue weighted by Gasteiger charge is -2.72. The largest absolute Gasteiger partial charge is 0.481 e. The Bertz CT molecular complexity index is 603. The first-order valence-electron chi connectivity index (χ1n) is 11.1. The van der Waals surface area contributed by atoms with Gasteiger partial charge in [0.2, 0.25) is 0 Å². The normalized spacial score (nSPS) is 53.2. The number of carbonyl (C=O) groups is 1. The molecule has 0 saturated heterocycles. The molecule has 0 aromatic carbocycles. The molecule has 26 heavy (non-hydrogen) atoms. The molecule has 3 heteroatoms. The molecule has 0 amide bonds. The summed E-state index contributed by atoms with van der Waals surface area (Å²) >= 11 is 0. The Balaban J connectivity index is 1.79. The van der Waals surface area contributed by atoms with Crippen molar-refractivity contribution in [1.29, 1.82) is 0 Å². The fraction of sp³-hybridized carbons (Fsp3) is 0.957. The second-order valence-corrected chi connectivity index (χ2v) is 11.3. The first-order valence-corrected chi connectivity index (χ1v) is 11.1. The van der Waals surface area contributed by atoms with Gasteiger partial charge in [0, 0.05) is 0 Å². The van der Waals surface area contributed by atoms with Gasteiger partial charge in [-0.05, 0) is 105 Å². The highest BCUT2D eigenvalue weighted by Gasteiger charge is 2.69. The van der Waals surface area contributed by atoms with E-state index in [-0.39, 0.29) is 5.41 Å². The summed E-state index contributed by atoms with van der Waals surface area (Å²) < 4.78 is 0. The Labute approximate surface area is 159 Å². The summed E-state index contributed by atoms with van der Waals surface area (Å²) in [6.45, 7) is 10.2. The smallest absolute Gasteiger partial charge is 0.309 e. The molecule has 2 bridgehead atoms. The average molecular weight is 362 g/mol. The molecule has 1 spiro atoms. The van der Waals surface area contributed by atoms with Gasteiger partial charge in [-0.25, -0.2) is 0 Å². The molecule has 0 aromatic heterocycles. The van der Waals surface area contributed by atoms with Crippen LogP contribution in [-0.2, 0) is 4.79 Å². The summed E-state index contributed by atoms with van der Waals surface area (Å²) in [5.74, 6) is 1.80. The fourth-order valence-electron chi connectivity index (χ4n) is 8.85. The minimum atomic E-state index is -0.556. The molecule has 5 fully saturated rings. The molecule has 3 nitrogen and oxygen atoms in total. The zero-order valence-corrected chi connectivity index (χ0v) is 17.3. The van der Waals surface area contributed by atoms with Gasteiger partial charge in [-0.15, -0.1) is 0 Å². The Hall–Kier alpha value is -0.570. The van der Waals surface area contributed by atoms with E-state index in [1.165, 1.54) is 38.5 Å². The molecule has 0 aromatic rings. The van der Waals surface area contributed by atoms with Gasteiger partial charge < -0.3 is 10.8 Å². The van der Waals surface area contributed by atoms with Crippen LogP contribution in [0.3, 0.4) is 0 Å².